The Morgan fingerprint density at radius 3 is 2.89 bits per heavy atom. The Balaban J connectivity index is 2.09. The highest BCUT2D eigenvalue weighted by atomic mass is 79.9. The molecule has 0 saturated heterocycles. The average Bonchev–Trinajstić information content (AvgIpc) is 2.33. The number of hydrogen-bond acceptors (Lipinski definition) is 5. The van der Waals surface area contributed by atoms with Gasteiger partial charge in [-0.1, -0.05) is 0 Å². The Labute approximate surface area is 120 Å². The number of halogens is 1. The molecule has 0 saturated carbocycles. The molecule has 0 aliphatic heterocycles. The number of anilines is 1. The molecule has 0 aromatic carbocycles. The molecule has 0 unspecified atom stereocenters. The second kappa shape index (κ2) is 5.83. The van der Waals surface area contributed by atoms with Crippen LogP contribution in [-0.4, -0.2) is 36.9 Å². The lowest BCUT2D eigenvalue weighted by molar-refractivity contribution is 0.600. The van der Waals surface area contributed by atoms with Crippen molar-refractivity contribution in [2.24, 2.45) is 0 Å². The van der Waals surface area contributed by atoms with Crippen LogP contribution >= 0.6 is 15.9 Å². The Morgan fingerprint density at radius 2 is 2.16 bits per heavy atom. The normalized spacial score (nSPS) is 11.7. The summed E-state index contributed by atoms with van der Waals surface area (Å²) >= 11 is 3.35. The van der Waals surface area contributed by atoms with Crippen molar-refractivity contribution < 1.29 is 8.42 Å². The van der Waals surface area contributed by atoms with Gasteiger partial charge in [0.25, 0.3) is 0 Å². The predicted octanol–water partition coefficient (Wildman–Crippen LogP) is 2.24. The van der Waals surface area contributed by atoms with Gasteiger partial charge in [0, 0.05) is 29.7 Å². The molecule has 19 heavy (non-hydrogen) atoms. The zero-order valence-corrected chi connectivity index (χ0v) is 12.8. The van der Waals surface area contributed by atoms with Gasteiger partial charge in [-0.05, 0) is 34.5 Å². The molecule has 5 nitrogen and oxygen atoms in total. The number of fused-ring (bicyclic) bond motifs is 1. The second-order valence-corrected chi connectivity index (χ2v) is 7.47. The minimum Gasteiger partial charge on any atom is -0.383 e. The summed E-state index contributed by atoms with van der Waals surface area (Å²) in [5, 5.41) is 3.20. The van der Waals surface area contributed by atoms with Crippen molar-refractivity contribution in [3.63, 3.8) is 0 Å². The van der Waals surface area contributed by atoms with Gasteiger partial charge in [-0.15, -0.1) is 0 Å². The second-order valence-electron chi connectivity index (χ2n) is 4.29. The van der Waals surface area contributed by atoms with Crippen molar-refractivity contribution in [1.29, 1.82) is 0 Å². The topological polar surface area (TPSA) is 72.0 Å². The largest absolute Gasteiger partial charge is 0.383 e. The van der Waals surface area contributed by atoms with Crippen molar-refractivity contribution in [2.75, 3.05) is 23.9 Å². The van der Waals surface area contributed by atoms with Crippen molar-refractivity contribution in [3.05, 3.63) is 29.0 Å². The molecule has 0 spiro atoms. The van der Waals surface area contributed by atoms with Crippen LogP contribution in [0.15, 0.2) is 29.0 Å². The zero-order valence-electron chi connectivity index (χ0n) is 10.4. The lowest BCUT2D eigenvalue weighted by atomic mass is 10.3. The molecule has 7 heteroatoms. The summed E-state index contributed by atoms with van der Waals surface area (Å²) in [5.41, 5.74) is 2.44. The fourth-order valence-electron chi connectivity index (χ4n) is 1.71. The molecule has 0 aliphatic rings. The zero-order chi connectivity index (χ0) is 13.9. The molecule has 1 N–H and O–H groups in total. The molecule has 0 bridgehead atoms. The summed E-state index contributed by atoms with van der Waals surface area (Å²) in [7, 11) is -2.90. The quantitative estimate of drug-likeness (QED) is 0.843. The number of nitrogens with zero attached hydrogens (tertiary/aromatic N) is 2. The maximum atomic E-state index is 11.0. The highest BCUT2D eigenvalue weighted by Crippen LogP contribution is 2.21. The van der Waals surface area contributed by atoms with Crippen LogP contribution in [0.25, 0.3) is 11.0 Å². The molecule has 0 aliphatic carbocycles. The molecule has 0 atom stereocenters. The summed E-state index contributed by atoms with van der Waals surface area (Å²) in [6.45, 7) is 0.587. The predicted molar refractivity (Wildman–Crippen MR) is 80.1 cm³/mol. The maximum absolute atomic E-state index is 11.0. The molecule has 0 amide bonds. The first-order valence-corrected chi connectivity index (χ1v) is 8.63. The van der Waals surface area contributed by atoms with E-state index in [1.54, 1.807) is 12.4 Å². The highest BCUT2D eigenvalue weighted by molar-refractivity contribution is 9.10. The molecular formula is C12H14BrN3O2S. The summed E-state index contributed by atoms with van der Waals surface area (Å²) in [5.74, 6) is 0.183. The Hall–Kier alpha value is -1.21. The third-order valence-electron chi connectivity index (χ3n) is 2.55. The van der Waals surface area contributed by atoms with Crippen LogP contribution in [0, 0.1) is 0 Å². The first kappa shape index (κ1) is 14.2. The fraction of sp³-hybridized carbons (Fsp3) is 0.333. The number of aromatic nitrogens is 2. The van der Waals surface area contributed by atoms with Gasteiger partial charge in [0.1, 0.15) is 15.4 Å². The lowest BCUT2D eigenvalue weighted by Crippen LogP contribution is -2.10. The minimum atomic E-state index is -2.90. The van der Waals surface area contributed by atoms with E-state index in [1.165, 1.54) is 6.26 Å². The van der Waals surface area contributed by atoms with Gasteiger partial charge in [-0.3, -0.25) is 9.97 Å². The van der Waals surface area contributed by atoms with Crippen LogP contribution in [0.1, 0.15) is 6.42 Å². The highest BCUT2D eigenvalue weighted by Gasteiger charge is 2.05. The number of hydrogen-bond donors (Lipinski definition) is 1. The van der Waals surface area contributed by atoms with E-state index in [1.807, 2.05) is 12.1 Å². The molecular weight excluding hydrogens is 330 g/mol. The summed E-state index contributed by atoms with van der Waals surface area (Å²) in [4.78, 5) is 8.56. The van der Waals surface area contributed by atoms with Gasteiger partial charge in [-0.25, -0.2) is 8.42 Å². The van der Waals surface area contributed by atoms with Crippen molar-refractivity contribution in [3.8, 4) is 0 Å². The number of rotatable bonds is 5. The van der Waals surface area contributed by atoms with Crippen molar-refractivity contribution >= 4 is 42.5 Å². The summed E-state index contributed by atoms with van der Waals surface area (Å²) < 4.78 is 23.0. The molecule has 2 heterocycles. The number of nitrogens with one attached hydrogen (secondary N) is 1. The lowest BCUT2D eigenvalue weighted by Gasteiger charge is -2.08. The van der Waals surface area contributed by atoms with Crippen molar-refractivity contribution in [2.45, 2.75) is 6.42 Å². The third-order valence-corrected chi connectivity index (χ3v) is 4.02. The van der Waals surface area contributed by atoms with Crippen LogP contribution in [0.5, 0.6) is 0 Å². The molecule has 102 valence electrons. The molecule has 2 aromatic heterocycles. The number of sulfone groups is 1. The SMILES string of the molecule is CS(=O)(=O)CCCNc1ccnc2cc(Br)cnc12. The van der Waals surface area contributed by atoms with E-state index in [0.717, 1.165) is 21.2 Å². The van der Waals surface area contributed by atoms with Gasteiger partial charge < -0.3 is 5.32 Å². The van der Waals surface area contributed by atoms with E-state index in [0.29, 0.717) is 13.0 Å². The van der Waals surface area contributed by atoms with Gasteiger partial charge in [0.15, 0.2) is 0 Å². The van der Waals surface area contributed by atoms with Crippen LogP contribution in [-0.2, 0) is 9.84 Å². The summed E-state index contributed by atoms with van der Waals surface area (Å²) in [6.07, 6.45) is 5.23. The van der Waals surface area contributed by atoms with Gasteiger partial charge in [0.05, 0.1) is 17.0 Å². The maximum Gasteiger partial charge on any atom is 0.147 e. The summed E-state index contributed by atoms with van der Waals surface area (Å²) in [6, 6.07) is 3.73. The fourth-order valence-corrected chi connectivity index (χ4v) is 2.69. The smallest absolute Gasteiger partial charge is 0.147 e. The van der Waals surface area contributed by atoms with E-state index in [2.05, 4.69) is 31.2 Å². The Kier molecular flexibility index (Phi) is 4.36. The molecule has 0 fully saturated rings. The molecule has 2 rings (SSSR count). The number of pyridine rings is 2. The van der Waals surface area contributed by atoms with Gasteiger partial charge >= 0.3 is 0 Å². The van der Waals surface area contributed by atoms with E-state index >= 15 is 0 Å². The minimum absolute atomic E-state index is 0.183. The van der Waals surface area contributed by atoms with Gasteiger partial charge in [0.2, 0.25) is 0 Å². The van der Waals surface area contributed by atoms with Crippen LogP contribution in [0.2, 0.25) is 0 Å². The van der Waals surface area contributed by atoms with E-state index < -0.39 is 9.84 Å². The van der Waals surface area contributed by atoms with Gasteiger partial charge in [-0.2, -0.15) is 0 Å². The van der Waals surface area contributed by atoms with Crippen LogP contribution in [0.3, 0.4) is 0 Å². The van der Waals surface area contributed by atoms with Crippen molar-refractivity contribution in [1.82, 2.24) is 9.97 Å². The first-order valence-electron chi connectivity index (χ1n) is 5.77. The molecule has 2 aromatic rings. The standard InChI is InChI=1S/C12H14BrN3O2S/c1-19(17,18)6-2-4-14-10-3-5-15-11-7-9(13)8-16-12(10)11/h3,5,7-8H,2,4,6H2,1H3,(H,14,15). The van der Waals surface area contributed by atoms with Crippen LogP contribution in [0.4, 0.5) is 5.69 Å². The average molecular weight is 344 g/mol. The van der Waals surface area contributed by atoms with E-state index in [9.17, 15) is 8.42 Å². The Bertz CT molecular complexity index is 688. The van der Waals surface area contributed by atoms with E-state index in [-0.39, 0.29) is 5.75 Å². The van der Waals surface area contributed by atoms with E-state index in [4.69, 9.17) is 0 Å². The molecule has 0 radical (unpaired) electrons. The Morgan fingerprint density at radius 1 is 1.37 bits per heavy atom. The first-order chi connectivity index (χ1) is 8.96. The van der Waals surface area contributed by atoms with Crippen LogP contribution < -0.4 is 5.32 Å². The monoisotopic (exact) mass is 343 g/mol. The third kappa shape index (κ3) is 4.14.